The molecule has 1 aromatic rings. The average molecular weight is 303 g/mol. The number of rotatable bonds is 11. The minimum absolute atomic E-state index is 0.441. The predicted molar refractivity (Wildman–Crippen MR) is 98.7 cm³/mol. The summed E-state index contributed by atoms with van der Waals surface area (Å²) in [5.41, 5.74) is 2.67. The monoisotopic (exact) mass is 302 g/mol. The van der Waals surface area contributed by atoms with E-state index in [9.17, 15) is 0 Å². The van der Waals surface area contributed by atoms with Gasteiger partial charge in [0, 0.05) is 6.54 Å². The van der Waals surface area contributed by atoms with Gasteiger partial charge in [-0.2, -0.15) is 0 Å². The zero-order valence-electron chi connectivity index (χ0n) is 14.6. The third-order valence-corrected chi connectivity index (χ3v) is 4.80. The van der Waals surface area contributed by atoms with Gasteiger partial charge in [0.25, 0.3) is 0 Å². The lowest BCUT2D eigenvalue weighted by atomic mass is 10.1. The molecule has 1 atom stereocenters. The van der Waals surface area contributed by atoms with E-state index in [1.54, 1.807) is 0 Å². The predicted octanol–water partition coefficient (Wildman–Crippen LogP) is 6.19. The van der Waals surface area contributed by atoms with Gasteiger partial charge in [-0.25, -0.2) is 0 Å². The SMILES string of the molecule is CCCCCCCCCCCCN1c2ccccc2NC1C. The number of nitrogens with zero attached hydrogens (tertiary/aromatic N) is 1. The molecule has 1 aromatic carbocycles. The van der Waals surface area contributed by atoms with Crippen LogP contribution in [0.5, 0.6) is 0 Å². The van der Waals surface area contributed by atoms with Crippen LogP contribution in [0, 0.1) is 0 Å². The second-order valence-electron chi connectivity index (χ2n) is 6.71. The summed E-state index contributed by atoms with van der Waals surface area (Å²) in [5, 5.41) is 3.56. The summed E-state index contributed by atoms with van der Waals surface area (Å²) >= 11 is 0. The molecular formula is C20H34N2. The highest BCUT2D eigenvalue weighted by atomic mass is 15.3. The third kappa shape index (κ3) is 5.23. The van der Waals surface area contributed by atoms with Crippen molar-refractivity contribution in [3.63, 3.8) is 0 Å². The maximum Gasteiger partial charge on any atom is 0.0962 e. The molecule has 1 N–H and O–H groups in total. The van der Waals surface area contributed by atoms with Crippen LogP contribution >= 0.6 is 0 Å². The van der Waals surface area contributed by atoms with Crippen molar-refractivity contribution < 1.29 is 0 Å². The van der Waals surface area contributed by atoms with E-state index >= 15 is 0 Å². The van der Waals surface area contributed by atoms with Crippen LogP contribution in [-0.4, -0.2) is 12.7 Å². The first kappa shape index (κ1) is 17.2. The summed E-state index contributed by atoms with van der Waals surface area (Å²) in [7, 11) is 0. The van der Waals surface area contributed by atoms with Crippen LogP contribution in [-0.2, 0) is 0 Å². The Kier molecular flexibility index (Phi) is 7.62. The van der Waals surface area contributed by atoms with Gasteiger partial charge in [0.1, 0.15) is 0 Å². The topological polar surface area (TPSA) is 15.3 Å². The van der Waals surface area contributed by atoms with E-state index in [4.69, 9.17) is 0 Å². The molecule has 0 saturated heterocycles. The molecule has 1 unspecified atom stereocenters. The van der Waals surface area contributed by atoms with Crippen molar-refractivity contribution in [2.75, 3.05) is 16.8 Å². The van der Waals surface area contributed by atoms with E-state index in [-0.39, 0.29) is 0 Å². The molecular weight excluding hydrogens is 268 g/mol. The average Bonchev–Trinajstić information content (AvgIpc) is 2.85. The Balaban J connectivity index is 1.52. The lowest BCUT2D eigenvalue weighted by Gasteiger charge is -2.23. The van der Waals surface area contributed by atoms with E-state index in [2.05, 4.69) is 48.3 Å². The molecule has 0 amide bonds. The first-order chi connectivity index (χ1) is 10.8. The summed E-state index contributed by atoms with van der Waals surface area (Å²) in [6, 6.07) is 8.68. The maximum atomic E-state index is 3.56. The van der Waals surface area contributed by atoms with Crippen LogP contribution in [0.3, 0.4) is 0 Å². The zero-order chi connectivity index (χ0) is 15.6. The first-order valence-corrected chi connectivity index (χ1v) is 9.45. The van der Waals surface area contributed by atoms with Crippen LogP contribution in [0.2, 0.25) is 0 Å². The Morgan fingerprint density at radius 1 is 0.864 bits per heavy atom. The van der Waals surface area contributed by atoms with Crippen LogP contribution in [0.1, 0.15) is 78.1 Å². The summed E-state index contributed by atoms with van der Waals surface area (Å²) < 4.78 is 0. The third-order valence-electron chi connectivity index (χ3n) is 4.80. The second-order valence-corrected chi connectivity index (χ2v) is 6.71. The van der Waals surface area contributed by atoms with Gasteiger partial charge in [-0.05, 0) is 25.5 Å². The van der Waals surface area contributed by atoms with Gasteiger partial charge >= 0.3 is 0 Å². The lowest BCUT2D eigenvalue weighted by Crippen LogP contribution is -2.33. The molecule has 1 aliphatic heterocycles. The standard InChI is InChI=1S/C20H34N2/c1-3-4-5-6-7-8-9-10-11-14-17-22-18(2)21-19-15-12-13-16-20(19)22/h12-13,15-16,18,21H,3-11,14,17H2,1-2H3. The molecule has 1 aliphatic rings. The van der Waals surface area contributed by atoms with Gasteiger partial charge in [0.2, 0.25) is 0 Å². The zero-order valence-corrected chi connectivity index (χ0v) is 14.6. The molecule has 0 fully saturated rings. The van der Waals surface area contributed by atoms with Gasteiger partial charge < -0.3 is 10.2 Å². The van der Waals surface area contributed by atoms with Crippen molar-refractivity contribution in [3.8, 4) is 0 Å². The fraction of sp³-hybridized carbons (Fsp3) is 0.700. The molecule has 124 valence electrons. The minimum atomic E-state index is 0.441. The number of fused-ring (bicyclic) bond motifs is 1. The Bertz CT molecular complexity index is 416. The van der Waals surface area contributed by atoms with Crippen LogP contribution < -0.4 is 10.2 Å². The van der Waals surface area contributed by atoms with Crippen molar-refractivity contribution in [2.24, 2.45) is 0 Å². The van der Waals surface area contributed by atoms with Gasteiger partial charge in [0.15, 0.2) is 0 Å². The second kappa shape index (κ2) is 9.76. The Morgan fingerprint density at radius 3 is 2.14 bits per heavy atom. The van der Waals surface area contributed by atoms with Crippen molar-refractivity contribution in [2.45, 2.75) is 84.2 Å². The lowest BCUT2D eigenvalue weighted by molar-refractivity contribution is 0.551. The quantitative estimate of drug-likeness (QED) is 0.491. The summed E-state index contributed by atoms with van der Waals surface area (Å²) in [4.78, 5) is 2.51. The molecule has 1 heterocycles. The minimum Gasteiger partial charge on any atom is -0.364 e. The number of benzene rings is 1. The van der Waals surface area contributed by atoms with Gasteiger partial charge in [-0.3, -0.25) is 0 Å². The van der Waals surface area contributed by atoms with E-state index in [0.717, 1.165) is 0 Å². The van der Waals surface area contributed by atoms with Gasteiger partial charge in [0.05, 0.1) is 17.5 Å². The number of para-hydroxylation sites is 2. The van der Waals surface area contributed by atoms with E-state index in [1.807, 2.05) is 0 Å². The normalized spacial score (nSPS) is 16.6. The summed E-state index contributed by atoms with van der Waals surface area (Å²) in [6.07, 6.45) is 14.5. The number of hydrogen-bond acceptors (Lipinski definition) is 2. The molecule has 0 radical (unpaired) electrons. The van der Waals surface area contributed by atoms with Crippen molar-refractivity contribution in [3.05, 3.63) is 24.3 Å². The molecule has 0 aliphatic carbocycles. The molecule has 2 heteroatoms. The van der Waals surface area contributed by atoms with E-state index in [0.29, 0.717) is 6.17 Å². The van der Waals surface area contributed by atoms with Crippen molar-refractivity contribution in [1.29, 1.82) is 0 Å². The number of anilines is 2. The van der Waals surface area contributed by atoms with Gasteiger partial charge in [-0.15, -0.1) is 0 Å². The smallest absolute Gasteiger partial charge is 0.0962 e. The molecule has 2 nitrogen and oxygen atoms in total. The summed E-state index contributed by atoms with van der Waals surface area (Å²) in [5.74, 6) is 0. The largest absolute Gasteiger partial charge is 0.364 e. The Labute approximate surface area is 137 Å². The first-order valence-electron chi connectivity index (χ1n) is 9.45. The van der Waals surface area contributed by atoms with E-state index < -0.39 is 0 Å². The number of unbranched alkanes of at least 4 members (excludes halogenated alkanes) is 9. The summed E-state index contributed by atoms with van der Waals surface area (Å²) in [6.45, 7) is 5.73. The van der Waals surface area contributed by atoms with Gasteiger partial charge in [-0.1, -0.05) is 76.8 Å². The molecule has 22 heavy (non-hydrogen) atoms. The maximum absolute atomic E-state index is 3.56. The fourth-order valence-corrected chi connectivity index (χ4v) is 3.44. The molecule has 2 rings (SSSR count). The Hall–Kier alpha value is -1.18. The number of hydrogen-bond donors (Lipinski definition) is 1. The van der Waals surface area contributed by atoms with Crippen LogP contribution in [0.15, 0.2) is 24.3 Å². The molecule has 0 spiro atoms. The van der Waals surface area contributed by atoms with E-state index in [1.165, 1.54) is 82.1 Å². The Morgan fingerprint density at radius 2 is 1.45 bits per heavy atom. The highest BCUT2D eigenvalue weighted by molar-refractivity contribution is 5.75. The number of nitrogens with one attached hydrogen (secondary N) is 1. The molecule has 0 bridgehead atoms. The molecule has 0 aromatic heterocycles. The highest BCUT2D eigenvalue weighted by Gasteiger charge is 2.23. The van der Waals surface area contributed by atoms with Crippen LogP contribution in [0.25, 0.3) is 0 Å². The van der Waals surface area contributed by atoms with Crippen LogP contribution in [0.4, 0.5) is 11.4 Å². The van der Waals surface area contributed by atoms with Crippen molar-refractivity contribution >= 4 is 11.4 Å². The molecule has 0 saturated carbocycles. The fourth-order valence-electron chi connectivity index (χ4n) is 3.44. The highest BCUT2D eigenvalue weighted by Crippen LogP contribution is 2.34. The van der Waals surface area contributed by atoms with Crippen molar-refractivity contribution in [1.82, 2.24) is 0 Å².